The van der Waals surface area contributed by atoms with E-state index in [1.165, 1.54) is 18.2 Å². The third-order valence-electron chi connectivity index (χ3n) is 6.32. The maximum atomic E-state index is 14.6. The van der Waals surface area contributed by atoms with Gasteiger partial charge in [0.1, 0.15) is 11.6 Å². The lowest BCUT2D eigenvalue weighted by Gasteiger charge is -2.34. The molecule has 10 heteroatoms. The number of halogens is 1. The molecule has 2 aromatic carbocycles. The molecule has 0 radical (unpaired) electrons. The van der Waals surface area contributed by atoms with Crippen molar-refractivity contribution in [2.45, 2.75) is 6.92 Å². The summed E-state index contributed by atoms with van der Waals surface area (Å²) in [6.45, 7) is 5.80. The van der Waals surface area contributed by atoms with Crippen molar-refractivity contribution in [3.63, 3.8) is 0 Å². The largest absolute Gasteiger partial charge is 0.439 e. The standard InChI is InChI=1S/C28H30FN7O2/c1-19-13-21(15-22(14-19)36-11-9-34(2)10-12-36)31-28(37)33-26-16-23(7-8-24(26)29)38-27-6-4-5-25(32-27)20-17-30-35(3)18-20/h4-8,13-18H,9-12H2,1-3H3,(H2,31,33,37). The number of nitrogens with zero attached hydrogens (tertiary/aromatic N) is 5. The minimum atomic E-state index is -0.577. The van der Waals surface area contributed by atoms with Gasteiger partial charge in [-0.25, -0.2) is 14.2 Å². The highest BCUT2D eigenvalue weighted by molar-refractivity contribution is 6.00. The average molecular weight is 516 g/mol. The van der Waals surface area contributed by atoms with Gasteiger partial charge in [0.05, 0.1) is 17.6 Å². The Hall–Kier alpha value is -4.44. The van der Waals surface area contributed by atoms with Crippen LogP contribution in [0.4, 0.5) is 26.2 Å². The fourth-order valence-electron chi connectivity index (χ4n) is 4.34. The van der Waals surface area contributed by atoms with E-state index in [1.54, 1.807) is 16.9 Å². The van der Waals surface area contributed by atoms with Crippen LogP contribution in [0.1, 0.15) is 5.56 Å². The van der Waals surface area contributed by atoms with Gasteiger partial charge in [-0.1, -0.05) is 6.07 Å². The van der Waals surface area contributed by atoms with E-state index in [4.69, 9.17) is 4.74 Å². The number of pyridine rings is 1. The number of rotatable bonds is 6. The van der Waals surface area contributed by atoms with Crippen molar-refractivity contribution in [2.75, 3.05) is 48.8 Å². The fourth-order valence-corrected chi connectivity index (χ4v) is 4.34. The number of carbonyl (C=O) groups is 1. The van der Waals surface area contributed by atoms with Gasteiger partial charge < -0.3 is 25.2 Å². The van der Waals surface area contributed by atoms with Gasteiger partial charge in [-0.3, -0.25) is 4.68 Å². The van der Waals surface area contributed by atoms with E-state index in [9.17, 15) is 9.18 Å². The molecule has 0 spiro atoms. The summed E-state index contributed by atoms with van der Waals surface area (Å²) in [6.07, 6.45) is 3.57. The van der Waals surface area contributed by atoms with Crippen LogP contribution in [0.5, 0.6) is 11.6 Å². The van der Waals surface area contributed by atoms with Crippen LogP contribution in [-0.4, -0.2) is 58.9 Å². The highest BCUT2D eigenvalue weighted by atomic mass is 19.1. The summed E-state index contributed by atoms with van der Waals surface area (Å²) in [5.41, 5.74) is 4.26. The van der Waals surface area contributed by atoms with Crippen LogP contribution < -0.4 is 20.3 Å². The Bertz CT molecular complexity index is 1450. The highest BCUT2D eigenvalue weighted by Crippen LogP contribution is 2.28. The van der Waals surface area contributed by atoms with Crippen molar-refractivity contribution in [1.82, 2.24) is 19.7 Å². The third kappa shape index (κ3) is 6.09. The molecule has 2 N–H and O–H groups in total. The maximum absolute atomic E-state index is 14.6. The minimum absolute atomic E-state index is 0.00430. The number of carbonyl (C=O) groups excluding carboxylic acids is 1. The first-order valence-electron chi connectivity index (χ1n) is 12.4. The molecule has 2 amide bonds. The van der Waals surface area contributed by atoms with Crippen LogP contribution in [0.2, 0.25) is 0 Å². The Kier molecular flexibility index (Phi) is 7.23. The molecule has 0 atom stereocenters. The van der Waals surface area contributed by atoms with E-state index in [0.29, 0.717) is 23.0 Å². The first-order chi connectivity index (χ1) is 18.3. The predicted molar refractivity (Wildman–Crippen MR) is 146 cm³/mol. The number of piperazine rings is 1. The number of ether oxygens (including phenoxy) is 1. The number of hydrogen-bond acceptors (Lipinski definition) is 6. The van der Waals surface area contributed by atoms with Crippen LogP contribution in [0.15, 0.2) is 67.0 Å². The lowest BCUT2D eigenvalue weighted by molar-refractivity contribution is 0.262. The molecule has 9 nitrogen and oxygen atoms in total. The van der Waals surface area contributed by atoms with E-state index in [2.05, 4.69) is 43.6 Å². The third-order valence-corrected chi connectivity index (χ3v) is 6.32. The van der Waals surface area contributed by atoms with Crippen LogP contribution in [0, 0.1) is 12.7 Å². The zero-order valence-corrected chi connectivity index (χ0v) is 21.6. The lowest BCUT2D eigenvalue weighted by Crippen LogP contribution is -2.44. The molecule has 1 aliphatic rings. The molecular formula is C28H30FN7O2. The van der Waals surface area contributed by atoms with Gasteiger partial charge in [-0.15, -0.1) is 0 Å². The smallest absolute Gasteiger partial charge is 0.323 e. The van der Waals surface area contributed by atoms with Crippen LogP contribution in [0.3, 0.4) is 0 Å². The number of anilines is 3. The van der Waals surface area contributed by atoms with Crippen LogP contribution in [-0.2, 0) is 7.05 Å². The van der Waals surface area contributed by atoms with Crippen LogP contribution >= 0.6 is 0 Å². The van der Waals surface area contributed by atoms with Crippen molar-refractivity contribution < 1.29 is 13.9 Å². The lowest BCUT2D eigenvalue weighted by atomic mass is 10.1. The second-order valence-electron chi connectivity index (χ2n) is 9.43. The topological polar surface area (TPSA) is 87.5 Å². The molecule has 1 aliphatic heterocycles. The predicted octanol–water partition coefficient (Wildman–Crippen LogP) is 5.12. The summed E-state index contributed by atoms with van der Waals surface area (Å²) in [4.78, 5) is 21.9. The molecule has 4 aromatic rings. The molecule has 5 rings (SSSR count). The number of urea groups is 1. The first kappa shape index (κ1) is 25.2. The summed E-state index contributed by atoms with van der Waals surface area (Å²) in [5.74, 6) is 0.0990. The fraction of sp³-hybridized carbons (Fsp3) is 0.250. The second-order valence-corrected chi connectivity index (χ2v) is 9.43. The van der Waals surface area contributed by atoms with E-state index >= 15 is 0 Å². The molecule has 38 heavy (non-hydrogen) atoms. The summed E-state index contributed by atoms with van der Waals surface area (Å²) in [7, 11) is 3.94. The van der Waals surface area contributed by atoms with Crippen LogP contribution in [0.25, 0.3) is 11.3 Å². The van der Waals surface area contributed by atoms with Gasteiger partial charge in [-0.2, -0.15) is 5.10 Å². The Morgan fingerprint density at radius 2 is 1.82 bits per heavy atom. The number of amides is 2. The van der Waals surface area contributed by atoms with E-state index in [0.717, 1.165) is 43.0 Å². The molecule has 2 aromatic heterocycles. The Morgan fingerprint density at radius 3 is 2.58 bits per heavy atom. The maximum Gasteiger partial charge on any atom is 0.323 e. The molecule has 196 valence electrons. The molecule has 0 unspecified atom stereocenters. The number of nitrogens with one attached hydrogen (secondary N) is 2. The molecule has 0 bridgehead atoms. The Morgan fingerprint density at radius 1 is 1.00 bits per heavy atom. The SMILES string of the molecule is Cc1cc(NC(=O)Nc2cc(Oc3cccc(-c4cnn(C)c4)n3)ccc2F)cc(N2CCN(C)CC2)c1. The Balaban J connectivity index is 1.27. The number of benzene rings is 2. The normalized spacial score (nSPS) is 13.8. The Labute approximate surface area is 220 Å². The van der Waals surface area contributed by atoms with Gasteiger partial charge >= 0.3 is 6.03 Å². The summed E-state index contributed by atoms with van der Waals surface area (Å²) in [5, 5.41) is 9.59. The van der Waals surface area contributed by atoms with Crippen molar-refractivity contribution in [3.8, 4) is 22.9 Å². The molecule has 3 heterocycles. The molecular weight excluding hydrogens is 485 g/mol. The number of aryl methyl sites for hydroxylation is 2. The van der Waals surface area contributed by atoms with Crippen molar-refractivity contribution in [1.29, 1.82) is 0 Å². The van der Waals surface area contributed by atoms with E-state index < -0.39 is 11.8 Å². The molecule has 0 aliphatic carbocycles. The molecule has 1 fully saturated rings. The van der Waals surface area contributed by atoms with Crippen molar-refractivity contribution >= 4 is 23.1 Å². The summed E-state index contributed by atoms with van der Waals surface area (Å²) < 4.78 is 22.1. The zero-order valence-electron chi connectivity index (χ0n) is 21.6. The van der Waals surface area contributed by atoms with Gasteiger partial charge in [0.15, 0.2) is 0 Å². The highest BCUT2D eigenvalue weighted by Gasteiger charge is 2.16. The van der Waals surface area contributed by atoms with Gasteiger partial charge in [0.25, 0.3) is 0 Å². The van der Waals surface area contributed by atoms with Gasteiger partial charge in [0, 0.05) is 68.5 Å². The van der Waals surface area contributed by atoms with E-state index in [-0.39, 0.29) is 5.69 Å². The van der Waals surface area contributed by atoms with Crippen molar-refractivity contribution in [3.05, 3.63) is 78.4 Å². The monoisotopic (exact) mass is 515 g/mol. The quantitative estimate of drug-likeness (QED) is 0.371. The van der Waals surface area contributed by atoms with E-state index in [1.807, 2.05) is 44.4 Å². The summed E-state index contributed by atoms with van der Waals surface area (Å²) in [6, 6.07) is 14.9. The van der Waals surface area contributed by atoms with Gasteiger partial charge in [-0.05, 0) is 55.9 Å². The molecule has 1 saturated heterocycles. The minimum Gasteiger partial charge on any atom is -0.439 e. The zero-order chi connectivity index (χ0) is 26.6. The average Bonchev–Trinajstić information content (AvgIpc) is 3.32. The first-order valence-corrected chi connectivity index (χ1v) is 12.4. The van der Waals surface area contributed by atoms with Gasteiger partial charge in [0.2, 0.25) is 5.88 Å². The number of hydrogen-bond donors (Lipinski definition) is 2. The van der Waals surface area contributed by atoms with Crippen molar-refractivity contribution in [2.24, 2.45) is 7.05 Å². The number of aromatic nitrogens is 3. The second kappa shape index (κ2) is 10.9. The summed E-state index contributed by atoms with van der Waals surface area (Å²) >= 11 is 0. The number of likely N-dealkylation sites (N-methyl/N-ethyl adjacent to an activating group) is 1. The molecule has 0 saturated carbocycles.